The van der Waals surface area contributed by atoms with Crippen LogP contribution in [0.2, 0.25) is 0 Å². The first-order chi connectivity index (χ1) is 16.2. The minimum absolute atomic E-state index is 0.116. The average molecular weight is 474 g/mol. The van der Waals surface area contributed by atoms with Gasteiger partial charge in [0.05, 0.1) is 20.3 Å². The van der Waals surface area contributed by atoms with Crippen molar-refractivity contribution in [3.8, 4) is 23.0 Å². The number of nitrogens with two attached hydrogens (primary N) is 1. The van der Waals surface area contributed by atoms with E-state index in [0.29, 0.717) is 12.2 Å². The number of hydrogen-bond donors (Lipinski definition) is 2. The van der Waals surface area contributed by atoms with Gasteiger partial charge in [0, 0.05) is 25.2 Å². The lowest BCUT2D eigenvalue weighted by Crippen LogP contribution is -2.30. The van der Waals surface area contributed by atoms with Crippen molar-refractivity contribution in [1.29, 1.82) is 0 Å². The molecule has 0 bridgehead atoms. The van der Waals surface area contributed by atoms with E-state index in [1.54, 1.807) is 26.2 Å². The summed E-state index contributed by atoms with van der Waals surface area (Å²) in [4.78, 5) is 37.6. The number of rotatable bonds is 12. The number of hydrogen-bond acceptors (Lipinski definition) is 7. The Hall–Kier alpha value is -3.95. The monoisotopic (exact) mass is 473 g/mol. The van der Waals surface area contributed by atoms with Crippen LogP contribution in [0.15, 0.2) is 36.4 Å². The van der Waals surface area contributed by atoms with Crippen molar-refractivity contribution in [2.75, 3.05) is 41.5 Å². The van der Waals surface area contributed by atoms with E-state index in [4.69, 9.17) is 24.7 Å². The van der Waals surface area contributed by atoms with Crippen LogP contribution < -0.4 is 30.0 Å². The number of methoxy groups -OCH3 is 2. The lowest BCUT2D eigenvalue weighted by molar-refractivity contribution is -0.130. The molecule has 0 saturated carbocycles. The number of benzene rings is 2. The summed E-state index contributed by atoms with van der Waals surface area (Å²) in [7, 11) is 6.12. The van der Waals surface area contributed by atoms with Crippen molar-refractivity contribution in [3.05, 3.63) is 47.5 Å². The first kappa shape index (κ1) is 26.3. The van der Waals surface area contributed by atoms with Gasteiger partial charge in [0.15, 0.2) is 24.7 Å². The smallest absolute Gasteiger partial charge is 0.259 e. The number of primary amides is 1. The van der Waals surface area contributed by atoms with Gasteiger partial charge in [-0.2, -0.15) is 0 Å². The molecule has 34 heavy (non-hydrogen) atoms. The molecule has 0 fully saturated rings. The van der Waals surface area contributed by atoms with Gasteiger partial charge in [-0.05, 0) is 24.6 Å². The molecule has 3 N–H and O–H groups in total. The Labute approximate surface area is 198 Å². The van der Waals surface area contributed by atoms with Crippen LogP contribution in [0.3, 0.4) is 0 Å². The fourth-order valence-corrected chi connectivity index (χ4v) is 3.11. The largest absolute Gasteiger partial charge is 0.493 e. The number of likely N-dealkylation sites (N-methyl/N-ethyl adjacent to an activating group) is 1. The van der Waals surface area contributed by atoms with E-state index in [0.717, 1.165) is 5.56 Å². The van der Waals surface area contributed by atoms with Gasteiger partial charge in [-0.3, -0.25) is 14.4 Å². The molecule has 0 heterocycles. The maximum absolute atomic E-state index is 13.1. The Morgan fingerprint density at radius 3 is 2.12 bits per heavy atom. The minimum Gasteiger partial charge on any atom is -0.493 e. The molecule has 0 aromatic heterocycles. The normalized spacial score (nSPS) is 11.2. The number of para-hydroxylation sites is 1. The SMILES string of the molecule is CCC(NC(=O)c1cc(OC)c(OCC(N)=O)c(OC)c1)c1ccccc1OCC(=O)N(C)C. The number of nitrogens with zero attached hydrogens (tertiary/aromatic N) is 1. The topological polar surface area (TPSA) is 129 Å². The highest BCUT2D eigenvalue weighted by atomic mass is 16.5. The Kier molecular flexibility index (Phi) is 9.54. The summed E-state index contributed by atoms with van der Waals surface area (Å²) in [5, 5.41) is 2.98. The summed E-state index contributed by atoms with van der Waals surface area (Å²) in [5.74, 6) is -0.125. The second-order valence-corrected chi connectivity index (χ2v) is 7.51. The first-order valence-corrected chi connectivity index (χ1v) is 10.6. The Morgan fingerprint density at radius 1 is 0.971 bits per heavy atom. The van der Waals surface area contributed by atoms with Crippen LogP contribution in [0.25, 0.3) is 0 Å². The third kappa shape index (κ3) is 6.77. The van der Waals surface area contributed by atoms with Gasteiger partial charge in [0.1, 0.15) is 5.75 Å². The molecule has 10 heteroatoms. The van der Waals surface area contributed by atoms with Crippen LogP contribution in [-0.2, 0) is 9.59 Å². The maximum atomic E-state index is 13.1. The summed E-state index contributed by atoms with van der Waals surface area (Å²) < 4.78 is 21.8. The van der Waals surface area contributed by atoms with Gasteiger partial charge in [0.25, 0.3) is 17.7 Å². The van der Waals surface area contributed by atoms with E-state index in [-0.39, 0.29) is 53.9 Å². The fourth-order valence-electron chi connectivity index (χ4n) is 3.11. The van der Waals surface area contributed by atoms with E-state index >= 15 is 0 Å². The number of carbonyl (C=O) groups is 3. The van der Waals surface area contributed by atoms with E-state index < -0.39 is 5.91 Å². The molecule has 1 unspecified atom stereocenters. The van der Waals surface area contributed by atoms with Gasteiger partial charge in [0.2, 0.25) is 5.75 Å². The van der Waals surface area contributed by atoms with Gasteiger partial charge in [-0.1, -0.05) is 25.1 Å². The number of carbonyl (C=O) groups excluding carboxylic acids is 3. The zero-order valence-electron chi connectivity index (χ0n) is 20.0. The van der Waals surface area contributed by atoms with E-state index in [1.807, 2.05) is 19.1 Å². The predicted octanol–water partition coefficient (Wildman–Crippen LogP) is 1.92. The molecular weight excluding hydrogens is 442 g/mol. The summed E-state index contributed by atoms with van der Waals surface area (Å²) in [6, 6.07) is 9.81. The molecular formula is C24H31N3O7. The van der Waals surface area contributed by atoms with Crippen molar-refractivity contribution < 1.29 is 33.3 Å². The third-order valence-electron chi connectivity index (χ3n) is 4.94. The van der Waals surface area contributed by atoms with Crippen LogP contribution in [0.1, 0.15) is 35.3 Å². The van der Waals surface area contributed by atoms with Gasteiger partial charge < -0.3 is 34.9 Å². The van der Waals surface area contributed by atoms with Gasteiger partial charge in [-0.25, -0.2) is 0 Å². The van der Waals surface area contributed by atoms with Crippen LogP contribution >= 0.6 is 0 Å². The molecule has 0 saturated heterocycles. The molecule has 0 aliphatic carbocycles. The zero-order valence-corrected chi connectivity index (χ0v) is 20.0. The minimum atomic E-state index is -0.662. The van der Waals surface area contributed by atoms with Crippen LogP contribution in [0.5, 0.6) is 23.0 Å². The molecule has 1 atom stereocenters. The highest BCUT2D eigenvalue weighted by Crippen LogP contribution is 2.39. The molecule has 2 aromatic rings. The first-order valence-electron chi connectivity index (χ1n) is 10.6. The zero-order chi connectivity index (χ0) is 25.3. The lowest BCUT2D eigenvalue weighted by atomic mass is 10.0. The number of nitrogens with one attached hydrogen (secondary N) is 1. The second-order valence-electron chi connectivity index (χ2n) is 7.51. The fraction of sp³-hybridized carbons (Fsp3) is 0.375. The highest BCUT2D eigenvalue weighted by Gasteiger charge is 2.22. The Balaban J connectivity index is 2.28. The Morgan fingerprint density at radius 2 is 1.59 bits per heavy atom. The van der Waals surface area contributed by atoms with Crippen LogP contribution in [0.4, 0.5) is 0 Å². The van der Waals surface area contributed by atoms with Gasteiger partial charge >= 0.3 is 0 Å². The predicted molar refractivity (Wildman–Crippen MR) is 125 cm³/mol. The summed E-state index contributed by atoms with van der Waals surface area (Å²) in [6.45, 7) is 1.44. The maximum Gasteiger partial charge on any atom is 0.259 e. The molecule has 0 aliphatic heterocycles. The molecule has 2 rings (SSSR count). The quantitative estimate of drug-likeness (QED) is 0.482. The molecule has 2 aromatic carbocycles. The summed E-state index contributed by atoms with van der Waals surface area (Å²) in [5.41, 5.74) is 6.16. The molecule has 0 spiro atoms. The third-order valence-corrected chi connectivity index (χ3v) is 4.94. The number of ether oxygens (including phenoxy) is 4. The lowest BCUT2D eigenvalue weighted by Gasteiger charge is -2.22. The van der Waals surface area contributed by atoms with Crippen molar-refractivity contribution in [3.63, 3.8) is 0 Å². The van der Waals surface area contributed by atoms with E-state index in [2.05, 4.69) is 5.32 Å². The van der Waals surface area contributed by atoms with Crippen molar-refractivity contribution in [1.82, 2.24) is 10.2 Å². The number of amides is 3. The van der Waals surface area contributed by atoms with Crippen molar-refractivity contribution in [2.24, 2.45) is 5.73 Å². The van der Waals surface area contributed by atoms with E-state index in [9.17, 15) is 14.4 Å². The standard InChI is InChI=1S/C24H31N3O7/c1-6-17(16-9-7-8-10-18(16)33-14-22(29)27(2)3)26-24(30)15-11-19(31-4)23(20(12-15)32-5)34-13-21(25)28/h7-12,17H,6,13-14H2,1-5H3,(H2,25,28)(H,26,30). The molecule has 0 aliphatic rings. The summed E-state index contributed by atoms with van der Waals surface area (Å²) >= 11 is 0. The second kappa shape index (κ2) is 12.3. The van der Waals surface area contributed by atoms with Crippen LogP contribution in [-0.4, -0.2) is 64.2 Å². The Bertz CT molecular complexity index is 998. The van der Waals surface area contributed by atoms with Crippen molar-refractivity contribution >= 4 is 17.7 Å². The van der Waals surface area contributed by atoms with E-state index in [1.165, 1.54) is 31.3 Å². The molecule has 0 radical (unpaired) electrons. The van der Waals surface area contributed by atoms with Gasteiger partial charge in [-0.15, -0.1) is 0 Å². The molecule has 184 valence electrons. The summed E-state index contributed by atoms with van der Waals surface area (Å²) in [6.07, 6.45) is 0.571. The molecule has 10 nitrogen and oxygen atoms in total. The van der Waals surface area contributed by atoms with Crippen LogP contribution in [0, 0.1) is 0 Å². The average Bonchev–Trinajstić information content (AvgIpc) is 2.83. The van der Waals surface area contributed by atoms with Crippen molar-refractivity contribution in [2.45, 2.75) is 19.4 Å². The highest BCUT2D eigenvalue weighted by molar-refractivity contribution is 5.96. The molecule has 3 amide bonds.